The zero-order chi connectivity index (χ0) is 18.0. The summed E-state index contributed by atoms with van der Waals surface area (Å²) in [6, 6.07) is 20.2. The van der Waals surface area contributed by atoms with Crippen LogP contribution in [0.25, 0.3) is 10.6 Å². The Balaban J connectivity index is 1.51. The molecule has 2 heterocycles. The molecular weight excluding hydrogens is 344 g/mol. The summed E-state index contributed by atoms with van der Waals surface area (Å²) >= 11 is 1.57. The number of anilines is 1. The highest BCUT2D eigenvalue weighted by molar-refractivity contribution is 7.18. The van der Waals surface area contributed by atoms with E-state index in [1.807, 2.05) is 48.5 Å². The van der Waals surface area contributed by atoms with Gasteiger partial charge in [-0.3, -0.25) is 4.79 Å². The molecule has 0 bridgehead atoms. The Hall–Kier alpha value is -2.73. The van der Waals surface area contributed by atoms with Gasteiger partial charge >= 0.3 is 0 Å². The molecule has 1 aromatic heterocycles. The minimum atomic E-state index is -0.408. The van der Waals surface area contributed by atoms with E-state index < -0.39 is 5.41 Å². The Labute approximate surface area is 156 Å². The van der Waals surface area contributed by atoms with E-state index in [1.54, 1.807) is 18.4 Å². The Morgan fingerprint density at radius 2 is 1.73 bits per heavy atom. The van der Waals surface area contributed by atoms with Gasteiger partial charge in [-0.25, -0.2) is 0 Å². The lowest BCUT2D eigenvalue weighted by Gasteiger charge is -2.48. The first-order valence-electron chi connectivity index (χ1n) is 8.60. The molecule has 0 spiro atoms. The van der Waals surface area contributed by atoms with Crippen molar-refractivity contribution in [2.45, 2.75) is 6.42 Å². The molecule has 1 aliphatic heterocycles. The van der Waals surface area contributed by atoms with Crippen LogP contribution < -0.4 is 10.2 Å². The summed E-state index contributed by atoms with van der Waals surface area (Å²) in [7, 11) is 1.70. The molecule has 0 aliphatic carbocycles. The topological polar surface area (TPSA) is 58.1 Å². The molecule has 1 N–H and O–H groups in total. The Morgan fingerprint density at radius 3 is 2.38 bits per heavy atom. The second-order valence-corrected chi connectivity index (χ2v) is 7.59. The van der Waals surface area contributed by atoms with E-state index in [0.29, 0.717) is 13.1 Å². The third-order valence-corrected chi connectivity index (χ3v) is 5.82. The van der Waals surface area contributed by atoms with Crippen LogP contribution in [-0.4, -0.2) is 36.2 Å². The molecule has 0 atom stereocenters. The average Bonchev–Trinajstić information content (AvgIpc) is 3.15. The minimum absolute atomic E-state index is 0.0883. The summed E-state index contributed by atoms with van der Waals surface area (Å²) in [6.07, 6.45) is 0.731. The summed E-state index contributed by atoms with van der Waals surface area (Å²) in [5, 5.41) is 13.3. The van der Waals surface area contributed by atoms with Crippen molar-refractivity contribution in [1.29, 1.82) is 0 Å². The van der Waals surface area contributed by atoms with Crippen molar-refractivity contribution < 1.29 is 4.79 Å². The lowest BCUT2D eigenvalue weighted by molar-refractivity contribution is -0.132. The number of carbonyl (C=O) groups is 1. The van der Waals surface area contributed by atoms with Crippen LogP contribution >= 0.6 is 11.3 Å². The molecule has 1 saturated heterocycles. The van der Waals surface area contributed by atoms with Gasteiger partial charge in [0.2, 0.25) is 11.0 Å². The van der Waals surface area contributed by atoms with Crippen LogP contribution in [0.15, 0.2) is 60.7 Å². The zero-order valence-electron chi connectivity index (χ0n) is 14.6. The van der Waals surface area contributed by atoms with Crippen LogP contribution in [0, 0.1) is 5.41 Å². The molecule has 1 fully saturated rings. The number of benzene rings is 2. The third kappa shape index (κ3) is 3.08. The van der Waals surface area contributed by atoms with Gasteiger partial charge in [0.15, 0.2) is 0 Å². The summed E-state index contributed by atoms with van der Waals surface area (Å²) in [6.45, 7) is 1.32. The lowest BCUT2D eigenvalue weighted by Crippen LogP contribution is -2.64. The quantitative estimate of drug-likeness (QED) is 0.756. The first-order chi connectivity index (χ1) is 12.7. The summed E-state index contributed by atoms with van der Waals surface area (Å²) in [5.74, 6) is 0.0883. The van der Waals surface area contributed by atoms with Crippen LogP contribution in [0.3, 0.4) is 0 Å². The van der Waals surface area contributed by atoms with Gasteiger partial charge in [0.05, 0.1) is 5.41 Å². The molecule has 5 nitrogen and oxygen atoms in total. The maximum Gasteiger partial charge on any atom is 0.229 e. The molecule has 1 aliphatic rings. The van der Waals surface area contributed by atoms with Crippen molar-refractivity contribution in [3.8, 4) is 10.6 Å². The number of rotatable bonds is 5. The Morgan fingerprint density at radius 1 is 1.08 bits per heavy atom. The molecular formula is C20H20N4OS. The van der Waals surface area contributed by atoms with Gasteiger partial charge in [0.25, 0.3) is 0 Å². The molecule has 132 valence electrons. The predicted octanol–water partition coefficient (Wildman–Crippen LogP) is 3.00. The fraction of sp³-hybridized carbons (Fsp3) is 0.250. The highest BCUT2D eigenvalue weighted by atomic mass is 32.1. The van der Waals surface area contributed by atoms with Crippen molar-refractivity contribution >= 4 is 22.4 Å². The molecule has 2 aromatic carbocycles. The second kappa shape index (κ2) is 6.88. The van der Waals surface area contributed by atoms with Crippen molar-refractivity contribution in [2.24, 2.45) is 5.41 Å². The Kier molecular flexibility index (Phi) is 4.42. The number of hydrogen-bond acceptors (Lipinski definition) is 5. The van der Waals surface area contributed by atoms with Crippen molar-refractivity contribution in [3.05, 3.63) is 66.2 Å². The summed E-state index contributed by atoms with van der Waals surface area (Å²) in [5.41, 5.74) is 1.84. The fourth-order valence-corrected chi connectivity index (χ4v) is 4.30. The first-order valence-corrected chi connectivity index (χ1v) is 9.42. The van der Waals surface area contributed by atoms with E-state index in [0.717, 1.165) is 22.1 Å². The summed E-state index contributed by atoms with van der Waals surface area (Å²) in [4.78, 5) is 14.7. The summed E-state index contributed by atoms with van der Waals surface area (Å²) < 4.78 is 0. The number of aromatic nitrogens is 2. The molecule has 0 radical (unpaired) electrons. The number of nitrogens with zero attached hydrogens (tertiary/aromatic N) is 3. The number of carbonyl (C=O) groups excluding carboxylic acids is 1. The van der Waals surface area contributed by atoms with E-state index in [4.69, 9.17) is 0 Å². The van der Waals surface area contributed by atoms with Gasteiger partial charge in [-0.15, -0.1) is 10.2 Å². The molecule has 3 aromatic rings. The van der Waals surface area contributed by atoms with Crippen molar-refractivity contribution in [1.82, 2.24) is 15.5 Å². The molecule has 6 heteroatoms. The molecule has 26 heavy (non-hydrogen) atoms. The first kappa shape index (κ1) is 16.7. The van der Waals surface area contributed by atoms with E-state index >= 15 is 0 Å². The van der Waals surface area contributed by atoms with Crippen LogP contribution in [-0.2, 0) is 11.2 Å². The third-order valence-electron chi connectivity index (χ3n) is 4.79. The van der Waals surface area contributed by atoms with Gasteiger partial charge in [-0.2, -0.15) is 0 Å². The van der Waals surface area contributed by atoms with Gasteiger partial charge in [0.1, 0.15) is 5.01 Å². The SMILES string of the molecule is CNC(=O)C1(Cc2ccccc2)CN(c2nnc(-c3ccccc3)s2)C1. The molecule has 4 rings (SSSR count). The van der Waals surface area contributed by atoms with Crippen LogP contribution in [0.5, 0.6) is 0 Å². The smallest absolute Gasteiger partial charge is 0.229 e. The zero-order valence-corrected chi connectivity index (χ0v) is 15.4. The number of amides is 1. The van der Waals surface area contributed by atoms with Gasteiger partial charge in [-0.05, 0) is 12.0 Å². The standard InChI is InChI=1S/C20H20N4OS/c1-21-18(25)20(12-15-8-4-2-5-9-15)13-24(14-20)19-23-22-17(26-19)16-10-6-3-7-11-16/h2-11H,12-14H2,1H3,(H,21,25). The van der Waals surface area contributed by atoms with Gasteiger partial charge in [0, 0.05) is 25.7 Å². The van der Waals surface area contributed by atoms with E-state index in [9.17, 15) is 4.79 Å². The van der Waals surface area contributed by atoms with E-state index in [-0.39, 0.29) is 5.91 Å². The predicted molar refractivity (Wildman–Crippen MR) is 104 cm³/mol. The maximum absolute atomic E-state index is 12.6. The maximum atomic E-state index is 12.6. The van der Waals surface area contributed by atoms with E-state index in [2.05, 4.69) is 32.5 Å². The van der Waals surface area contributed by atoms with Gasteiger partial charge in [-0.1, -0.05) is 72.0 Å². The van der Waals surface area contributed by atoms with Crippen LogP contribution in [0.2, 0.25) is 0 Å². The largest absolute Gasteiger partial charge is 0.359 e. The van der Waals surface area contributed by atoms with Gasteiger partial charge < -0.3 is 10.2 Å². The molecule has 0 saturated carbocycles. The van der Waals surface area contributed by atoms with Crippen molar-refractivity contribution in [3.63, 3.8) is 0 Å². The van der Waals surface area contributed by atoms with Crippen LogP contribution in [0.1, 0.15) is 5.56 Å². The molecule has 0 unspecified atom stereocenters. The normalized spacial score (nSPS) is 15.3. The highest BCUT2D eigenvalue weighted by Gasteiger charge is 2.49. The average molecular weight is 364 g/mol. The second-order valence-electron chi connectivity index (χ2n) is 6.63. The van der Waals surface area contributed by atoms with Crippen LogP contribution in [0.4, 0.5) is 5.13 Å². The molecule has 1 amide bonds. The number of hydrogen-bond donors (Lipinski definition) is 1. The Bertz CT molecular complexity index is 888. The fourth-order valence-electron chi connectivity index (χ4n) is 3.45. The monoisotopic (exact) mass is 364 g/mol. The minimum Gasteiger partial charge on any atom is -0.359 e. The van der Waals surface area contributed by atoms with Crippen molar-refractivity contribution in [2.75, 3.05) is 25.0 Å². The highest BCUT2D eigenvalue weighted by Crippen LogP contribution is 2.40. The number of nitrogens with one attached hydrogen (secondary N) is 1. The lowest BCUT2D eigenvalue weighted by atomic mass is 9.74. The van der Waals surface area contributed by atoms with E-state index in [1.165, 1.54) is 5.56 Å².